The van der Waals surface area contributed by atoms with Crippen molar-refractivity contribution < 1.29 is 4.79 Å². The Kier molecular flexibility index (Phi) is 9.30. The molecule has 8 heteroatoms. The number of nitrogens with zero attached hydrogens (tertiary/aromatic N) is 4. The monoisotopic (exact) mass is 519 g/mol. The molecule has 0 spiro atoms. The summed E-state index contributed by atoms with van der Waals surface area (Å²) in [5, 5.41) is 4.07. The van der Waals surface area contributed by atoms with Crippen LogP contribution >= 0.6 is 35.6 Å². The van der Waals surface area contributed by atoms with Crippen molar-refractivity contribution in [3.05, 3.63) is 34.9 Å². The summed E-state index contributed by atoms with van der Waals surface area (Å²) >= 11 is 5.94. The predicted octanol–water partition coefficient (Wildman–Crippen LogP) is 2.52. The Labute approximate surface area is 190 Å². The van der Waals surface area contributed by atoms with Gasteiger partial charge < -0.3 is 20.0 Å². The molecule has 6 nitrogen and oxygen atoms in total. The molecule has 1 aromatic carbocycles. The maximum Gasteiger partial charge on any atom is 0.242 e. The maximum absolute atomic E-state index is 12.7. The second-order valence-corrected chi connectivity index (χ2v) is 7.91. The Morgan fingerprint density at radius 3 is 2.61 bits per heavy atom. The number of hydrogen-bond acceptors (Lipinski definition) is 3. The highest BCUT2D eigenvalue weighted by Gasteiger charge is 2.26. The van der Waals surface area contributed by atoms with Gasteiger partial charge in [0.2, 0.25) is 5.91 Å². The van der Waals surface area contributed by atoms with E-state index in [9.17, 15) is 4.79 Å². The highest BCUT2D eigenvalue weighted by Crippen LogP contribution is 2.16. The van der Waals surface area contributed by atoms with Crippen molar-refractivity contribution in [1.29, 1.82) is 0 Å². The molecule has 28 heavy (non-hydrogen) atoms. The third-order valence-corrected chi connectivity index (χ3v) is 5.48. The van der Waals surface area contributed by atoms with Crippen LogP contribution in [0.3, 0.4) is 0 Å². The van der Waals surface area contributed by atoms with Crippen molar-refractivity contribution in [2.75, 3.05) is 52.9 Å². The second-order valence-electron chi connectivity index (χ2n) is 7.47. The van der Waals surface area contributed by atoms with Gasteiger partial charge in [-0.2, -0.15) is 0 Å². The number of likely N-dealkylation sites (tertiary alicyclic amines) is 1. The fraction of sp³-hybridized carbons (Fsp3) is 0.600. The predicted molar refractivity (Wildman–Crippen MR) is 125 cm³/mol. The van der Waals surface area contributed by atoms with E-state index in [2.05, 4.69) is 29.1 Å². The lowest BCUT2D eigenvalue weighted by atomic mass is 10.1. The van der Waals surface area contributed by atoms with E-state index in [4.69, 9.17) is 16.6 Å². The smallest absolute Gasteiger partial charge is 0.242 e. The Bertz CT molecular complexity index is 669. The number of nitrogens with one attached hydrogen (secondary N) is 1. The molecule has 0 bridgehead atoms. The lowest BCUT2D eigenvalue weighted by molar-refractivity contribution is -0.135. The van der Waals surface area contributed by atoms with Crippen molar-refractivity contribution in [3.63, 3.8) is 0 Å². The lowest BCUT2D eigenvalue weighted by Crippen LogP contribution is -2.55. The largest absolute Gasteiger partial charge is 0.357 e. The zero-order chi connectivity index (χ0) is 19.2. The number of guanidine groups is 1. The van der Waals surface area contributed by atoms with E-state index in [1.807, 2.05) is 29.2 Å². The van der Waals surface area contributed by atoms with Gasteiger partial charge in [-0.3, -0.25) is 9.79 Å². The first-order chi connectivity index (χ1) is 13.0. The number of benzene rings is 1. The summed E-state index contributed by atoms with van der Waals surface area (Å²) in [6.45, 7) is 8.48. The molecule has 0 aromatic heterocycles. The van der Waals surface area contributed by atoms with Crippen LogP contribution in [0.1, 0.15) is 18.9 Å². The number of halogens is 2. The molecule has 2 heterocycles. The van der Waals surface area contributed by atoms with Gasteiger partial charge in [0.05, 0.1) is 6.54 Å². The molecule has 3 rings (SSSR count). The van der Waals surface area contributed by atoms with Crippen LogP contribution in [-0.4, -0.2) is 79.4 Å². The lowest BCUT2D eigenvalue weighted by Gasteiger charge is -2.36. The van der Waals surface area contributed by atoms with Crippen LogP contribution in [0.2, 0.25) is 5.02 Å². The van der Waals surface area contributed by atoms with Crippen LogP contribution in [0.5, 0.6) is 0 Å². The van der Waals surface area contributed by atoms with Crippen LogP contribution < -0.4 is 5.32 Å². The SMILES string of the molecule is CCNC(=NCC1CCN(C)C1)N1CCN(Cc2ccc(Cl)cc2)C(=O)C1.I. The molecule has 1 N–H and O–H groups in total. The van der Waals surface area contributed by atoms with Crippen LogP contribution in [-0.2, 0) is 11.3 Å². The molecule has 1 atom stereocenters. The Balaban J connectivity index is 0.00000280. The molecule has 0 radical (unpaired) electrons. The molecule has 1 amide bonds. The van der Waals surface area contributed by atoms with E-state index >= 15 is 0 Å². The summed E-state index contributed by atoms with van der Waals surface area (Å²) in [7, 11) is 2.16. The molecule has 0 aliphatic carbocycles. The van der Waals surface area contributed by atoms with Gasteiger partial charge in [0.15, 0.2) is 5.96 Å². The van der Waals surface area contributed by atoms with Crippen molar-refractivity contribution in [1.82, 2.24) is 20.0 Å². The van der Waals surface area contributed by atoms with Crippen molar-refractivity contribution in [2.45, 2.75) is 19.9 Å². The van der Waals surface area contributed by atoms with Gasteiger partial charge in [0, 0.05) is 44.3 Å². The van der Waals surface area contributed by atoms with Crippen molar-refractivity contribution >= 4 is 47.4 Å². The van der Waals surface area contributed by atoms with Gasteiger partial charge in [-0.05, 0) is 50.6 Å². The Morgan fingerprint density at radius 2 is 2.00 bits per heavy atom. The molecule has 156 valence electrons. The summed E-state index contributed by atoms with van der Waals surface area (Å²) in [5.74, 6) is 1.62. The van der Waals surface area contributed by atoms with Gasteiger partial charge in [0.25, 0.3) is 0 Å². The summed E-state index contributed by atoms with van der Waals surface area (Å²) in [4.78, 5) is 23.8. The van der Waals surface area contributed by atoms with Gasteiger partial charge >= 0.3 is 0 Å². The first-order valence-corrected chi connectivity index (χ1v) is 10.2. The minimum absolute atomic E-state index is 0. The first-order valence-electron chi connectivity index (χ1n) is 9.79. The number of piperazine rings is 1. The topological polar surface area (TPSA) is 51.2 Å². The third-order valence-electron chi connectivity index (χ3n) is 5.23. The molecule has 2 aliphatic rings. The van der Waals surface area contributed by atoms with E-state index in [1.54, 1.807) is 0 Å². The Hall–Kier alpha value is -1.06. The number of carbonyl (C=O) groups excluding carboxylic acids is 1. The van der Waals surface area contributed by atoms with Crippen LogP contribution in [0.4, 0.5) is 0 Å². The minimum atomic E-state index is 0. The highest BCUT2D eigenvalue weighted by atomic mass is 127. The van der Waals surface area contributed by atoms with Gasteiger partial charge in [-0.1, -0.05) is 23.7 Å². The van der Waals surface area contributed by atoms with Gasteiger partial charge in [0.1, 0.15) is 0 Å². The highest BCUT2D eigenvalue weighted by molar-refractivity contribution is 14.0. The Morgan fingerprint density at radius 1 is 1.25 bits per heavy atom. The molecular weight excluding hydrogens is 489 g/mol. The average Bonchev–Trinajstić information content (AvgIpc) is 3.07. The van der Waals surface area contributed by atoms with Gasteiger partial charge in [-0.15, -0.1) is 24.0 Å². The molecule has 0 saturated carbocycles. The van der Waals surface area contributed by atoms with Crippen molar-refractivity contribution in [2.24, 2.45) is 10.9 Å². The van der Waals surface area contributed by atoms with Crippen LogP contribution in [0, 0.1) is 5.92 Å². The standard InChI is InChI=1S/C20H30ClN5O.HI/c1-3-22-20(23-12-17-8-9-24(2)13-17)26-11-10-25(19(27)15-26)14-16-4-6-18(21)7-5-16;/h4-7,17H,3,8-15H2,1-2H3,(H,22,23);1H. The normalized spacial score (nSPS) is 21.0. The summed E-state index contributed by atoms with van der Waals surface area (Å²) < 4.78 is 0. The van der Waals surface area contributed by atoms with E-state index in [1.165, 1.54) is 6.42 Å². The number of amides is 1. The maximum atomic E-state index is 12.7. The molecule has 2 fully saturated rings. The number of aliphatic imine (C=N–C) groups is 1. The van der Waals surface area contributed by atoms with E-state index in [0.717, 1.165) is 49.3 Å². The average molecular weight is 520 g/mol. The van der Waals surface area contributed by atoms with E-state index in [0.29, 0.717) is 25.6 Å². The van der Waals surface area contributed by atoms with Crippen LogP contribution in [0.25, 0.3) is 0 Å². The molecular formula is C20H31ClIN5O. The zero-order valence-electron chi connectivity index (χ0n) is 16.7. The van der Waals surface area contributed by atoms with E-state index in [-0.39, 0.29) is 29.9 Å². The number of carbonyl (C=O) groups is 1. The summed E-state index contributed by atoms with van der Waals surface area (Å²) in [5.41, 5.74) is 1.10. The third kappa shape index (κ3) is 6.49. The zero-order valence-corrected chi connectivity index (χ0v) is 19.8. The minimum Gasteiger partial charge on any atom is -0.357 e. The number of hydrogen-bond donors (Lipinski definition) is 1. The number of rotatable bonds is 5. The van der Waals surface area contributed by atoms with Crippen molar-refractivity contribution in [3.8, 4) is 0 Å². The fourth-order valence-electron chi connectivity index (χ4n) is 3.68. The molecule has 2 saturated heterocycles. The van der Waals surface area contributed by atoms with Crippen LogP contribution in [0.15, 0.2) is 29.3 Å². The van der Waals surface area contributed by atoms with E-state index < -0.39 is 0 Å². The molecule has 1 unspecified atom stereocenters. The quantitative estimate of drug-likeness (QED) is 0.369. The summed E-state index contributed by atoms with van der Waals surface area (Å²) in [6.07, 6.45) is 1.20. The molecule has 2 aliphatic heterocycles. The second kappa shape index (κ2) is 11.2. The molecule has 1 aromatic rings. The van der Waals surface area contributed by atoms with Gasteiger partial charge in [-0.25, -0.2) is 0 Å². The fourth-order valence-corrected chi connectivity index (χ4v) is 3.81. The first kappa shape index (κ1) is 23.2. The summed E-state index contributed by atoms with van der Waals surface area (Å²) in [6, 6.07) is 7.69.